The molecule has 35 heavy (non-hydrogen) atoms. The lowest BCUT2D eigenvalue weighted by molar-refractivity contribution is -0.180. The first-order valence-electron chi connectivity index (χ1n) is 13.2. The van der Waals surface area contributed by atoms with Crippen molar-refractivity contribution < 1.29 is 14.3 Å². The van der Waals surface area contributed by atoms with Crippen molar-refractivity contribution in [2.45, 2.75) is 89.4 Å². The van der Waals surface area contributed by atoms with Gasteiger partial charge in [0.1, 0.15) is 11.9 Å². The van der Waals surface area contributed by atoms with Crippen LogP contribution in [0.1, 0.15) is 75.2 Å². The third-order valence-electron chi connectivity index (χ3n) is 7.72. The maximum absolute atomic E-state index is 13.5. The monoisotopic (exact) mass is 480 g/mol. The smallest absolute Gasteiger partial charge is 0.262 e. The molecule has 1 N–H and O–H groups in total. The van der Waals surface area contributed by atoms with Crippen molar-refractivity contribution in [3.05, 3.63) is 39.9 Å². The minimum Gasteiger partial charge on any atom is -0.372 e. The van der Waals surface area contributed by atoms with Crippen molar-refractivity contribution in [2.24, 2.45) is 0 Å². The maximum Gasteiger partial charge on any atom is 0.262 e. The van der Waals surface area contributed by atoms with Crippen molar-refractivity contribution in [1.29, 1.82) is 0 Å². The fourth-order valence-electron chi connectivity index (χ4n) is 5.91. The first kappa shape index (κ1) is 24.1. The Bertz CT molecular complexity index is 1140. The minimum absolute atomic E-state index is 0.182. The summed E-state index contributed by atoms with van der Waals surface area (Å²) in [6, 6.07) is 5.13. The molecule has 0 radical (unpaired) electrons. The second-order valence-electron chi connectivity index (χ2n) is 10.4. The molecule has 1 aromatic heterocycles. The van der Waals surface area contributed by atoms with Gasteiger partial charge in [0.05, 0.1) is 23.1 Å². The number of carbonyl (C=O) groups is 2. The Morgan fingerprint density at radius 3 is 2.49 bits per heavy atom. The van der Waals surface area contributed by atoms with Crippen LogP contribution in [0.4, 0.5) is 0 Å². The van der Waals surface area contributed by atoms with Crippen LogP contribution in [0.5, 0.6) is 0 Å². The van der Waals surface area contributed by atoms with Crippen molar-refractivity contribution in [3.8, 4) is 0 Å². The number of carbonyl (C=O) groups excluding carboxylic acids is 2. The van der Waals surface area contributed by atoms with Crippen LogP contribution in [0.15, 0.2) is 23.0 Å². The summed E-state index contributed by atoms with van der Waals surface area (Å²) in [4.78, 5) is 44.7. The van der Waals surface area contributed by atoms with Crippen LogP contribution in [0.25, 0.3) is 10.9 Å². The van der Waals surface area contributed by atoms with Crippen LogP contribution in [-0.2, 0) is 20.7 Å². The number of aromatic nitrogens is 2. The van der Waals surface area contributed by atoms with Gasteiger partial charge in [0.2, 0.25) is 11.8 Å². The lowest BCUT2D eigenvalue weighted by atomic mass is 9.98. The van der Waals surface area contributed by atoms with Gasteiger partial charge in [0, 0.05) is 25.9 Å². The molecule has 2 amide bonds. The summed E-state index contributed by atoms with van der Waals surface area (Å²) in [6.45, 7) is 5.17. The Kier molecular flexibility index (Phi) is 7.29. The highest BCUT2D eigenvalue weighted by Gasteiger charge is 2.37. The number of ether oxygens (including phenoxy) is 1. The zero-order valence-electron chi connectivity index (χ0n) is 20.6. The molecular formula is C27H36N4O4. The molecule has 1 aromatic carbocycles. The Morgan fingerprint density at radius 2 is 1.74 bits per heavy atom. The van der Waals surface area contributed by atoms with Gasteiger partial charge in [-0.3, -0.25) is 29.2 Å². The number of aryl methyl sites for hydroxylation is 2. The summed E-state index contributed by atoms with van der Waals surface area (Å²) in [5.74, 6) is -0.206. The highest BCUT2D eigenvalue weighted by molar-refractivity contribution is 5.99. The van der Waals surface area contributed by atoms with Gasteiger partial charge in [-0.25, -0.2) is 4.98 Å². The normalized spacial score (nSPS) is 24.4. The van der Waals surface area contributed by atoms with Crippen molar-refractivity contribution in [2.75, 3.05) is 19.6 Å². The minimum atomic E-state index is -0.687. The van der Waals surface area contributed by atoms with E-state index in [1.807, 2.05) is 18.2 Å². The summed E-state index contributed by atoms with van der Waals surface area (Å²) >= 11 is 0. The SMILES string of the molecule is Cc1nc2cccc(CCCCCCCCN3CC4CC(C3)O4)c2c(=O)n1C1CCC(=O)NC1=O. The van der Waals surface area contributed by atoms with E-state index in [4.69, 9.17) is 4.74 Å². The van der Waals surface area contributed by atoms with Gasteiger partial charge in [-0.1, -0.05) is 37.8 Å². The van der Waals surface area contributed by atoms with Crippen LogP contribution < -0.4 is 10.9 Å². The number of hydrogen-bond donors (Lipinski definition) is 1. The molecular weight excluding hydrogens is 444 g/mol. The Hall–Kier alpha value is -2.58. The molecule has 4 aliphatic heterocycles. The van der Waals surface area contributed by atoms with Crippen LogP contribution in [0, 0.1) is 6.92 Å². The Labute approximate surface area is 206 Å². The summed E-state index contributed by atoms with van der Waals surface area (Å²) < 4.78 is 7.18. The van der Waals surface area contributed by atoms with E-state index in [1.165, 1.54) is 43.2 Å². The Morgan fingerprint density at radius 1 is 1.03 bits per heavy atom. The van der Waals surface area contributed by atoms with Crippen LogP contribution in [-0.4, -0.2) is 58.1 Å². The van der Waals surface area contributed by atoms with Crippen LogP contribution in [0.3, 0.4) is 0 Å². The molecule has 5 heterocycles. The molecule has 2 aromatic rings. The average molecular weight is 481 g/mol. The second-order valence-corrected chi connectivity index (χ2v) is 10.4. The number of benzene rings is 1. The zero-order valence-corrected chi connectivity index (χ0v) is 20.6. The third-order valence-corrected chi connectivity index (χ3v) is 7.72. The highest BCUT2D eigenvalue weighted by atomic mass is 16.5. The summed E-state index contributed by atoms with van der Waals surface area (Å²) in [5, 5.41) is 2.96. The van der Waals surface area contributed by atoms with Crippen molar-refractivity contribution >= 4 is 22.7 Å². The van der Waals surface area contributed by atoms with Crippen molar-refractivity contribution in [1.82, 2.24) is 19.8 Å². The fraction of sp³-hybridized carbons (Fsp3) is 0.630. The van der Waals surface area contributed by atoms with E-state index in [9.17, 15) is 14.4 Å². The van der Waals surface area contributed by atoms with E-state index < -0.39 is 11.9 Å². The second kappa shape index (κ2) is 10.6. The molecule has 2 bridgehead atoms. The molecule has 0 spiro atoms. The summed E-state index contributed by atoms with van der Waals surface area (Å²) in [5.41, 5.74) is 1.49. The number of nitrogens with one attached hydrogen (secondary N) is 1. The molecule has 8 nitrogen and oxygen atoms in total. The van der Waals surface area contributed by atoms with Crippen molar-refractivity contribution in [3.63, 3.8) is 0 Å². The lowest BCUT2D eigenvalue weighted by Crippen LogP contribution is -2.57. The van der Waals surface area contributed by atoms with Gasteiger partial charge in [-0.2, -0.15) is 0 Å². The van der Waals surface area contributed by atoms with E-state index in [0.29, 0.717) is 35.4 Å². The van der Waals surface area contributed by atoms with E-state index >= 15 is 0 Å². The van der Waals surface area contributed by atoms with Crippen LogP contribution >= 0.6 is 0 Å². The van der Waals surface area contributed by atoms with E-state index in [0.717, 1.165) is 37.9 Å². The van der Waals surface area contributed by atoms with E-state index in [2.05, 4.69) is 15.2 Å². The summed E-state index contributed by atoms with van der Waals surface area (Å²) in [6.07, 6.45) is 10.8. The molecule has 4 aliphatic rings. The van der Waals surface area contributed by atoms with Gasteiger partial charge in [-0.15, -0.1) is 0 Å². The number of piperidine rings is 2. The molecule has 8 heteroatoms. The first-order valence-corrected chi connectivity index (χ1v) is 13.2. The number of fused-ring (bicyclic) bond motifs is 3. The lowest BCUT2D eigenvalue weighted by Gasteiger charge is -2.47. The number of hydrogen-bond acceptors (Lipinski definition) is 6. The molecule has 0 aliphatic carbocycles. The standard InChI is InChI=1S/C27H36N4O4/c1-18-28-22-11-8-10-19(25(22)27(34)31(18)23-12-13-24(32)29-26(23)33)9-6-4-2-3-5-7-14-30-16-20-15-21(17-30)35-20/h8,10-11,20-21,23H,2-7,9,12-17H2,1H3,(H,29,32,33). The first-order chi connectivity index (χ1) is 17.0. The molecule has 0 saturated carbocycles. The average Bonchev–Trinajstić information content (AvgIpc) is 2.81. The number of amides is 2. The molecule has 188 valence electrons. The fourth-order valence-corrected chi connectivity index (χ4v) is 5.91. The number of morpholine rings is 1. The van der Waals surface area contributed by atoms with Gasteiger partial charge < -0.3 is 4.74 Å². The van der Waals surface area contributed by atoms with E-state index in [-0.39, 0.29) is 17.9 Å². The molecule has 3 unspecified atom stereocenters. The van der Waals surface area contributed by atoms with Crippen LogP contribution in [0.2, 0.25) is 0 Å². The number of imide groups is 1. The molecule has 4 saturated heterocycles. The quantitative estimate of drug-likeness (QED) is 0.415. The maximum atomic E-state index is 13.5. The molecule has 4 fully saturated rings. The van der Waals surface area contributed by atoms with Gasteiger partial charge >= 0.3 is 0 Å². The highest BCUT2D eigenvalue weighted by Crippen LogP contribution is 2.28. The van der Waals surface area contributed by atoms with Gasteiger partial charge in [0.25, 0.3) is 5.56 Å². The topological polar surface area (TPSA) is 93.5 Å². The van der Waals surface area contributed by atoms with Gasteiger partial charge in [0.15, 0.2) is 0 Å². The predicted octanol–water partition coefficient (Wildman–Crippen LogP) is 3.04. The zero-order chi connectivity index (χ0) is 24.4. The molecule has 6 rings (SSSR count). The molecule has 3 atom stereocenters. The number of unbranched alkanes of at least 4 members (excludes halogenated alkanes) is 5. The predicted molar refractivity (Wildman–Crippen MR) is 133 cm³/mol. The number of rotatable bonds is 10. The number of nitrogens with zero attached hydrogens (tertiary/aromatic N) is 3. The Balaban J connectivity index is 1.14. The van der Waals surface area contributed by atoms with Gasteiger partial charge in [-0.05, 0) is 50.8 Å². The van der Waals surface area contributed by atoms with E-state index in [1.54, 1.807) is 6.92 Å². The summed E-state index contributed by atoms with van der Waals surface area (Å²) in [7, 11) is 0. The third kappa shape index (κ3) is 5.33. The largest absolute Gasteiger partial charge is 0.372 e.